The maximum absolute atomic E-state index is 9.72. The van der Waals surface area contributed by atoms with Crippen molar-refractivity contribution in [2.24, 2.45) is 0 Å². The molecule has 0 unspecified atom stereocenters. The number of nitrogens with zero attached hydrogens (tertiary/aromatic N) is 4. The van der Waals surface area contributed by atoms with E-state index < -0.39 is 0 Å². The Bertz CT molecular complexity index is 1470. The van der Waals surface area contributed by atoms with Crippen LogP contribution in [0, 0.1) is 0 Å². The molecule has 3 N–H and O–H groups in total. The molecule has 0 saturated heterocycles. The summed E-state index contributed by atoms with van der Waals surface area (Å²) in [4.78, 5) is 14.0. The zero-order valence-electron chi connectivity index (χ0n) is 17.1. The van der Waals surface area contributed by atoms with Crippen molar-refractivity contribution >= 4 is 33.8 Å². The molecule has 5 aromatic rings. The van der Waals surface area contributed by atoms with Crippen molar-refractivity contribution in [1.29, 1.82) is 0 Å². The monoisotopic (exact) mass is 441 g/mol. The summed E-state index contributed by atoms with van der Waals surface area (Å²) in [5, 5.41) is 11.3. The zero-order valence-corrected chi connectivity index (χ0v) is 17.9. The van der Waals surface area contributed by atoms with E-state index in [2.05, 4.69) is 9.97 Å². The quantitative estimate of drug-likeness (QED) is 0.407. The molecule has 0 aliphatic heterocycles. The minimum atomic E-state index is -0.258. The Hall–Kier alpha value is -3.48. The molecule has 0 bridgehead atoms. The van der Waals surface area contributed by atoms with Crippen LogP contribution in [-0.2, 0) is 0 Å². The van der Waals surface area contributed by atoms with Gasteiger partial charge in [-0.25, -0.2) is 15.0 Å². The fraction of sp³-hybridized carbons (Fsp3) is 0.160. The minimum absolute atomic E-state index is 0.212. The van der Waals surface area contributed by atoms with Gasteiger partial charge in [0.15, 0.2) is 0 Å². The number of halogens is 1. The van der Waals surface area contributed by atoms with Gasteiger partial charge in [-0.05, 0) is 31.0 Å². The molecule has 7 heteroatoms. The highest BCUT2D eigenvalue weighted by Crippen LogP contribution is 2.38. The van der Waals surface area contributed by atoms with E-state index in [1.165, 1.54) is 0 Å². The van der Waals surface area contributed by atoms with Crippen molar-refractivity contribution < 1.29 is 5.11 Å². The zero-order chi connectivity index (χ0) is 21.8. The SMILES string of the molecule is Nc1nc(-c2cc3nc(-c4ccccc4)ccc3cc2Cl)cn2c(C3CC(O)C3)ncc12. The molecule has 1 fully saturated rings. The lowest BCUT2D eigenvalue weighted by molar-refractivity contribution is 0.0715. The van der Waals surface area contributed by atoms with E-state index in [0.717, 1.165) is 39.1 Å². The van der Waals surface area contributed by atoms with Gasteiger partial charge < -0.3 is 10.8 Å². The molecule has 158 valence electrons. The molecule has 6 nitrogen and oxygen atoms in total. The van der Waals surface area contributed by atoms with Crippen molar-refractivity contribution in [3.63, 3.8) is 0 Å². The Morgan fingerprint density at radius 2 is 1.81 bits per heavy atom. The molecule has 1 saturated carbocycles. The van der Waals surface area contributed by atoms with Crippen LogP contribution in [0.15, 0.2) is 67.0 Å². The van der Waals surface area contributed by atoms with E-state index in [1.54, 1.807) is 6.20 Å². The van der Waals surface area contributed by atoms with Crippen LogP contribution in [0.1, 0.15) is 24.6 Å². The first-order valence-corrected chi connectivity index (χ1v) is 10.9. The van der Waals surface area contributed by atoms with Gasteiger partial charge in [0.2, 0.25) is 0 Å². The smallest absolute Gasteiger partial charge is 0.150 e. The van der Waals surface area contributed by atoms with Gasteiger partial charge in [0.05, 0.1) is 34.2 Å². The first kappa shape index (κ1) is 19.2. The molecule has 1 aliphatic rings. The predicted molar refractivity (Wildman–Crippen MR) is 127 cm³/mol. The summed E-state index contributed by atoms with van der Waals surface area (Å²) >= 11 is 6.67. The minimum Gasteiger partial charge on any atom is -0.393 e. The topological polar surface area (TPSA) is 89.3 Å². The van der Waals surface area contributed by atoms with Crippen molar-refractivity contribution in [2.75, 3.05) is 5.73 Å². The first-order valence-electron chi connectivity index (χ1n) is 10.5. The lowest BCUT2D eigenvalue weighted by Crippen LogP contribution is -2.28. The second-order valence-corrected chi connectivity index (χ2v) is 8.70. The Morgan fingerprint density at radius 3 is 2.59 bits per heavy atom. The second kappa shape index (κ2) is 7.29. The van der Waals surface area contributed by atoms with Crippen LogP contribution in [0.4, 0.5) is 5.82 Å². The molecule has 32 heavy (non-hydrogen) atoms. The normalized spacial score (nSPS) is 18.2. The Kier molecular flexibility index (Phi) is 4.38. The van der Waals surface area contributed by atoms with Gasteiger partial charge in [-0.15, -0.1) is 0 Å². The number of aliphatic hydroxyl groups is 1. The van der Waals surface area contributed by atoms with Gasteiger partial charge in [0.1, 0.15) is 17.2 Å². The number of benzene rings is 2. The molecule has 0 amide bonds. The van der Waals surface area contributed by atoms with Crippen LogP contribution in [-0.4, -0.2) is 30.6 Å². The lowest BCUT2D eigenvalue weighted by atomic mass is 9.82. The molecule has 0 radical (unpaired) electrons. The average molecular weight is 442 g/mol. The van der Waals surface area contributed by atoms with Crippen LogP contribution in [0.25, 0.3) is 38.9 Å². The maximum Gasteiger partial charge on any atom is 0.150 e. The van der Waals surface area contributed by atoms with Gasteiger partial charge >= 0.3 is 0 Å². The van der Waals surface area contributed by atoms with E-state index in [4.69, 9.17) is 22.3 Å². The number of nitrogen functional groups attached to an aromatic ring is 1. The number of hydrogen-bond donors (Lipinski definition) is 2. The summed E-state index contributed by atoms with van der Waals surface area (Å²) < 4.78 is 1.97. The highest BCUT2D eigenvalue weighted by atomic mass is 35.5. The van der Waals surface area contributed by atoms with E-state index in [1.807, 2.05) is 65.2 Å². The summed E-state index contributed by atoms with van der Waals surface area (Å²) in [6, 6.07) is 18.0. The molecule has 0 atom stereocenters. The Morgan fingerprint density at radius 1 is 1.00 bits per heavy atom. The molecular formula is C25H20ClN5O. The van der Waals surface area contributed by atoms with Gasteiger partial charge in [0.25, 0.3) is 0 Å². The van der Waals surface area contributed by atoms with Crippen molar-refractivity contribution in [3.05, 3.63) is 77.8 Å². The van der Waals surface area contributed by atoms with Crippen molar-refractivity contribution in [1.82, 2.24) is 19.4 Å². The summed E-state index contributed by atoms with van der Waals surface area (Å²) in [7, 11) is 0. The number of anilines is 1. The predicted octanol–water partition coefficient (Wildman–Crippen LogP) is 5.09. The standard InChI is InChI=1S/C25H20ClN5O/c26-19-10-15-6-7-20(14-4-2-1-3-5-14)29-21(15)11-18(19)22-13-31-23(24(27)30-22)12-28-25(31)16-8-17(32)9-16/h1-7,10-13,16-17,32H,8-9H2,(H2,27,30). The molecule has 3 aromatic heterocycles. The second-order valence-electron chi connectivity index (χ2n) is 8.29. The number of hydrogen-bond acceptors (Lipinski definition) is 5. The molecule has 3 heterocycles. The van der Waals surface area contributed by atoms with Crippen LogP contribution in [0.5, 0.6) is 0 Å². The van der Waals surface area contributed by atoms with Crippen LogP contribution >= 0.6 is 11.6 Å². The third-order valence-corrected chi connectivity index (χ3v) is 6.49. The number of fused-ring (bicyclic) bond motifs is 2. The number of aliphatic hydroxyl groups excluding tert-OH is 1. The number of nitrogens with two attached hydrogens (primary N) is 1. The fourth-order valence-electron chi connectivity index (χ4n) is 4.38. The fourth-order valence-corrected chi connectivity index (χ4v) is 4.65. The lowest BCUT2D eigenvalue weighted by Gasteiger charge is -2.30. The Labute approximate surface area is 189 Å². The highest BCUT2D eigenvalue weighted by Gasteiger charge is 2.32. The van der Waals surface area contributed by atoms with Gasteiger partial charge in [-0.2, -0.15) is 0 Å². The largest absolute Gasteiger partial charge is 0.393 e. The van der Waals surface area contributed by atoms with Gasteiger partial charge in [0, 0.05) is 28.6 Å². The van der Waals surface area contributed by atoms with Crippen LogP contribution in [0.3, 0.4) is 0 Å². The van der Waals surface area contributed by atoms with Crippen LogP contribution < -0.4 is 5.73 Å². The third-order valence-electron chi connectivity index (χ3n) is 6.18. The van der Waals surface area contributed by atoms with Crippen molar-refractivity contribution in [2.45, 2.75) is 24.9 Å². The molecule has 6 rings (SSSR count). The maximum atomic E-state index is 9.72. The molecular weight excluding hydrogens is 422 g/mol. The van der Waals surface area contributed by atoms with E-state index >= 15 is 0 Å². The average Bonchev–Trinajstić information content (AvgIpc) is 3.21. The summed E-state index contributed by atoms with van der Waals surface area (Å²) in [5.74, 6) is 1.50. The Balaban J connectivity index is 1.49. The number of imidazole rings is 1. The van der Waals surface area contributed by atoms with Crippen LogP contribution in [0.2, 0.25) is 5.02 Å². The van der Waals surface area contributed by atoms with E-state index in [0.29, 0.717) is 29.4 Å². The number of pyridine rings is 1. The van der Waals surface area contributed by atoms with Crippen molar-refractivity contribution in [3.8, 4) is 22.5 Å². The van der Waals surface area contributed by atoms with E-state index in [9.17, 15) is 5.11 Å². The third kappa shape index (κ3) is 3.11. The summed E-state index contributed by atoms with van der Waals surface area (Å²) in [6.45, 7) is 0. The highest BCUT2D eigenvalue weighted by molar-refractivity contribution is 6.34. The molecule has 1 aliphatic carbocycles. The first-order chi connectivity index (χ1) is 15.6. The number of aromatic nitrogens is 4. The summed E-state index contributed by atoms with van der Waals surface area (Å²) in [5.41, 5.74) is 11.2. The molecule has 0 spiro atoms. The van der Waals surface area contributed by atoms with Gasteiger partial charge in [-0.1, -0.05) is 48.0 Å². The van der Waals surface area contributed by atoms with E-state index in [-0.39, 0.29) is 12.0 Å². The molecule has 2 aromatic carbocycles. The summed E-state index contributed by atoms with van der Waals surface area (Å²) in [6.07, 6.45) is 4.82. The number of rotatable bonds is 3. The van der Waals surface area contributed by atoms with Gasteiger partial charge in [-0.3, -0.25) is 4.40 Å².